The summed E-state index contributed by atoms with van der Waals surface area (Å²) >= 11 is 0. The van der Waals surface area contributed by atoms with Gasteiger partial charge in [-0.25, -0.2) is 0 Å². The predicted molar refractivity (Wildman–Crippen MR) is 184 cm³/mol. The van der Waals surface area contributed by atoms with Crippen LogP contribution in [0.5, 0.6) is 0 Å². The van der Waals surface area contributed by atoms with Gasteiger partial charge in [-0.1, -0.05) is 121 Å². The largest absolute Gasteiger partial charge is 0.456 e. The highest BCUT2D eigenvalue weighted by molar-refractivity contribution is 6.34. The lowest BCUT2D eigenvalue weighted by molar-refractivity contribution is 0.669. The first-order chi connectivity index (χ1) is 25.2. The van der Waals surface area contributed by atoms with E-state index in [0.717, 1.165) is 37.9 Å². The van der Waals surface area contributed by atoms with E-state index in [2.05, 4.69) is 0 Å². The van der Waals surface area contributed by atoms with Gasteiger partial charge < -0.3 is 8.83 Å². The molecule has 204 valence electrons. The normalized spacial score (nSPS) is 14.6. The summed E-state index contributed by atoms with van der Waals surface area (Å²) in [5.74, 6) is 0. The highest BCUT2D eigenvalue weighted by Gasteiger charge is 2.23. The van der Waals surface area contributed by atoms with Crippen molar-refractivity contribution in [2.75, 3.05) is 0 Å². The van der Waals surface area contributed by atoms with Crippen LogP contribution in [-0.2, 0) is 0 Å². The number of fused-ring (bicyclic) bond motifs is 11. The van der Waals surface area contributed by atoms with Gasteiger partial charge in [0, 0.05) is 38.1 Å². The molecule has 0 saturated carbocycles. The van der Waals surface area contributed by atoms with Crippen LogP contribution in [0.1, 0.15) is 11.0 Å². The third-order valence-corrected chi connectivity index (χ3v) is 8.67. The van der Waals surface area contributed by atoms with Crippen molar-refractivity contribution in [3.8, 4) is 22.3 Å². The maximum Gasteiger partial charge on any atom is 0.143 e. The molecular formula is C42H24O2. The molecule has 44 heavy (non-hydrogen) atoms. The highest BCUT2D eigenvalue weighted by Crippen LogP contribution is 2.49. The number of hydrogen-bond acceptors (Lipinski definition) is 2. The molecule has 0 spiro atoms. The van der Waals surface area contributed by atoms with E-state index in [1.165, 1.54) is 0 Å². The molecule has 0 fully saturated rings. The van der Waals surface area contributed by atoms with Gasteiger partial charge in [0.15, 0.2) is 0 Å². The van der Waals surface area contributed by atoms with Crippen LogP contribution in [0.25, 0.3) is 98.4 Å². The average Bonchev–Trinajstić information content (AvgIpc) is 3.75. The Balaban J connectivity index is 1.54. The number of furan rings is 2. The van der Waals surface area contributed by atoms with E-state index in [1.807, 2.05) is 72.8 Å². The summed E-state index contributed by atoms with van der Waals surface area (Å²) in [5.41, 5.74) is 3.98. The SMILES string of the molecule is [2H]c1c([2H])c([2H])c2c(-c3cc4ccc5oc6ccccc6c5c4c4c3oc3ccccc34)c3c([2H])c([2H])c([2H])c([2H])c3c(-c3ccccc3)c2c1[2H]. The zero-order valence-electron chi connectivity index (χ0n) is 31.1. The van der Waals surface area contributed by atoms with Crippen molar-refractivity contribution in [1.82, 2.24) is 0 Å². The standard InChI is InChI=1S/C42H24O2/c1-2-12-25(13-3-1)37-27-14-4-6-16-29(27)39(30-17-7-5-15-28(30)37)33-24-26-22-23-36-40(31-18-8-10-20-34(31)43-36)38(26)41-32-19-9-11-21-35(32)44-42(33)41/h1-24H/i4D,5D,6D,7D,14D,15D,16D,17D. The number of hydrogen-bond donors (Lipinski definition) is 0. The maximum atomic E-state index is 9.40. The molecule has 0 unspecified atom stereocenters. The summed E-state index contributed by atoms with van der Waals surface area (Å²) in [7, 11) is 0. The summed E-state index contributed by atoms with van der Waals surface area (Å²) in [6.07, 6.45) is 0. The van der Waals surface area contributed by atoms with Gasteiger partial charge in [-0.2, -0.15) is 0 Å². The molecule has 2 heteroatoms. The van der Waals surface area contributed by atoms with Gasteiger partial charge in [0.25, 0.3) is 0 Å². The molecule has 0 aliphatic rings. The van der Waals surface area contributed by atoms with Crippen molar-refractivity contribution < 1.29 is 19.8 Å². The number of para-hydroxylation sites is 2. The van der Waals surface area contributed by atoms with Gasteiger partial charge in [-0.3, -0.25) is 0 Å². The van der Waals surface area contributed by atoms with E-state index in [0.29, 0.717) is 33.4 Å². The molecule has 0 aliphatic heterocycles. The maximum absolute atomic E-state index is 9.40. The second-order valence-electron chi connectivity index (χ2n) is 11.0. The Labute approximate surface area is 263 Å². The Hall–Kier alpha value is -5.86. The molecule has 0 radical (unpaired) electrons. The van der Waals surface area contributed by atoms with Gasteiger partial charge in [-0.05, 0) is 62.3 Å². The monoisotopic (exact) mass is 568 g/mol. The van der Waals surface area contributed by atoms with Crippen LogP contribution in [0.2, 0.25) is 0 Å². The second-order valence-corrected chi connectivity index (χ2v) is 11.0. The summed E-state index contributed by atoms with van der Waals surface area (Å²) in [4.78, 5) is 0. The van der Waals surface area contributed by atoms with Gasteiger partial charge in [0.1, 0.15) is 22.3 Å². The first-order valence-corrected chi connectivity index (χ1v) is 14.4. The van der Waals surface area contributed by atoms with Crippen molar-refractivity contribution in [2.24, 2.45) is 0 Å². The molecule has 10 rings (SSSR count). The lowest BCUT2D eigenvalue weighted by atomic mass is 9.84. The minimum atomic E-state index is -0.453. The quantitative estimate of drug-likeness (QED) is 0.194. The van der Waals surface area contributed by atoms with Crippen LogP contribution in [0.15, 0.2) is 154 Å². The smallest absolute Gasteiger partial charge is 0.143 e. The first-order valence-electron chi connectivity index (χ1n) is 18.4. The van der Waals surface area contributed by atoms with E-state index in [1.54, 1.807) is 24.3 Å². The molecule has 0 N–H and O–H groups in total. The molecule has 0 aliphatic carbocycles. The zero-order chi connectivity index (χ0) is 35.7. The molecule has 0 atom stereocenters. The Morgan fingerprint density at radius 3 is 1.68 bits per heavy atom. The molecular weight excluding hydrogens is 536 g/mol. The van der Waals surface area contributed by atoms with E-state index in [9.17, 15) is 5.48 Å². The lowest BCUT2D eigenvalue weighted by Gasteiger charge is -2.18. The molecule has 8 aromatic carbocycles. The molecule has 0 amide bonds. The van der Waals surface area contributed by atoms with Crippen molar-refractivity contribution in [3.05, 3.63) is 145 Å². The molecule has 0 saturated heterocycles. The van der Waals surface area contributed by atoms with Crippen LogP contribution in [0.3, 0.4) is 0 Å². The lowest BCUT2D eigenvalue weighted by Crippen LogP contribution is -1.91. The zero-order valence-corrected chi connectivity index (χ0v) is 23.1. The Bertz CT molecular complexity index is 3140. The third-order valence-electron chi connectivity index (χ3n) is 8.67. The van der Waals surface area contributed by atoms with Gasteiger partial charge >= 0.3 is 0 Å². The fraction of sp³-hybridized carbons (Fsp3) is 0. The molecule has 2 nitrogen and oxygen atoms in total. The average molecular weight is 569 g/mol. The summed E-state index contributed by atoms with van der Waals surface area (Å²) in [5, 5.41) is 5.67. The molecule has 2 heterocycles. The summed E-state index contributed by atoms with van der Waals surface area (Å²) in [6.45, 7) is 0. The highest BCUT2D eigenvalue weighted by atomic mass is 16.3. The van der Waals surface area contributed by atoms with E-state index in [4.69, 9.17) is 14.3 Å². The van der Waals surface area contributed by atoms with Crippen molar-refractivity contribution in [1.29, 1.82) is 0 Å². The van der Waals surface area contributed by atoms with Crippen LogP contribution in [0, 0.1) is 0 Å². The molecule has 2 aromatic heterocycles. The fourth-order valence-corrected chi connectivity index (χ4v) is 6.90. The minimum Gasteiger partial charge on any atom is -0.456 e. The van der Waals surface area contributed by atoms with E-state index >= 15 is 0 Å². The number of rotatable bonds is 2. The molecule has 10 aromatic rings. The Morgan fingerprint density at radius 1 is 0.432 bits per heavy atom. The van der Waals surface area contributed by atoms with Crippen molar-refractivity contribution in [3.63, 3.8) is 0 Å². The fourth-order valence-electron chi connectivity index (χ4n) is 6.90. The van der Waals surface area contributed by atoms with Gasteiger partial charge in [0.05, 0.1) is 11.0 Å². The molecule has 0 bridgehead atoms. The third kappa shape index (κ3) is 3.14. The van der Waals surface area contributed by atoms with Gasteiger partial charge in [0.2, 0.25) is 0 Å². The number of benzene rings is 8. The Morgan fingerprint density at radius 2 is 1.00 bits per heavy atom. The first kappa shape index (κ1) is 17.3. The topological polar surface area (TPSA) is 26.3 Å². The summed E-state index contributed by atoms with van der Waals surface area (Å²) < 4.78 is 85.6. The van der Waals surface area contributed by atoms with E-state index < -0.39 is 24.2 Å². The van der Waals surface area contributed by atoms with Crippen LogP contribution in [-0.4, -0.2) is 0 Å². The Kier molecular flexibility index (Phi) is 3.47. The minimum absolute atomic E-state index is 0.137. The second kappa shape index (κ2) is 8.82. The predicted octanol–water partition coefficient (Wildman–Crippen LogP) is 12.3. The van der Waals surface area contributed by atoms with E-state index in [-0.39, 0.29) is 51.3 Å². The van der Waals surface area contributed by atoms with Crippen LogP contribution >= 0.6 is 0 Å². The van der Waals surface area contributed by atoms with Crippen LogP contribution < -0.4 is 0 Å². The summed E-state index contributed by atoms with van der Waals surface area (Å²) in [6, 6.07) is 27.1. The van der Waals surface area contributed by atoms with Crippen LogP contribution in [0.4, 0.5) is 0 Å². The van der Waals surface area contributed by atoms with Crippen molar-refractivity contribution in [2.45, 2.75) is 0 Å². The van der Waals surface area contributed by atoms with Crippen molar-refractivity contribution >= 4 is 76.2 Å². The van der Waals surface area contributed by atoms with Gasteiger partial charge in [-0.15, -0.1) is 0 Å².